The molecule has 3 aromatic rings. The van der Waals surface area contributed by atoms with Gasteiger partial charge in [0.25, 0.3) is 0 Å². The molecule has 27 heavy (non-hydrogen) atoms. The van der Waals surface area contributed by atoms with Crippen molar-refractivity contribution in [2.24, 2.45) is 0 Å². The number of benzene rings is 2. The molecule has 0 saturated carbocycles. The summed E-state index contributed by atoms with van der Waals surface area (Å²) in [6.07, 6.45) is -4.45. The Morgan fingerprint density at radius 3 is 2.44 bits per heavy atom. The Morgan fingerprint density at radius 1 is 0.926 bits per heavy atom. The SMILES string of the molecule is Cc1cccc(CNc2nc(C)cc(Nc3ccccc3C(F)(F)F)n2)c1. The highest BCUT2D eigenvalue weighted by Crippen LogP contribution is 2.35. The van der Waals surface area contributed by atoms with E-state index < -0.39 is 11.7 Å². The monoisotopic (exact) mass is 372 g/mol. The summed E-state index contributed by atoms with van der Waals surface area (Å²) in [5.74, 6) is 0.648. The molecule has 4 nitrogen and oxygen atoms in total. The van der Waals surface area contributed by atoms with Crippen LogP contribution in [0.3, 0.4) is 0 Å². The Bertz CT molecular complexity index is 939. The van der Waals surface area contributed by atoms with Crippen LogP contribution in [0.4, 0.5) is 30.6 Å². The number of anilines is 3. The summed E-state index contributed by atoms with van der Waals surface area (Å²) in [6.45, 7) is 4.29. The van der Waals surface area contributed by atoms with E-state index in [2.05, 4.69) is 20.6 Å². The van der Waals surface area contributed by atoms with Crippen LogP contribution in [-0.2, 0) is 12.7 Å². The quantitative estimate of drug-likeness (QED) is 0.624. The fourth-order valence-corrected chi connectivity index (χ4v) is 2.69. The Hall–Kier alpha value is -3.09. The molecule has 0 aliphatic carbocycles. The summed E-state index contributed by atoms with van der Waals surface area (Å²) in [6, 6.07) is 14.9. The fourth-order valence-electron chi connectivity index (χ4n) is 2.69. The van der Waals surface area contributed by atoms with Crippen molar-refractivity contribution >= 4 is 17.5 Å². The van der Waals surface area contributed by atoms with Crippen LogP contribution in [0, 0.1) is 13.8 Å². The molecule has 0 aliphatic heterocycles. The molecule has 1 heterocycles. The van der Waals surface area contributed by atoms with Gasteiger partial charge in [0.1, 0.15) is 5.82 Å². The van der Waals surface area contributed by atoms with E-state index in [4.69, 9.17) is 0 Å². The third-order valence-corrected chi connectivity index (χ3v) is 3.88. The van der Waals surface area contributed by atoms with Crippen LogP contribution in [0.15, 0.2) is 54.6 Å². The van der Waals surface area contributed by atoms with Gasteiger partial charge in [-0.2, -0.15) is 18.2 Å². The molecule has 0 aliphatic rings. The van der Waals surface area contributed by atoms with Crippen molar-refractivity contribution in [1.29, 1.82) is 0 Å². The normalized spacial score (nSPS) is 11.3. The van der Waals surface area contributed by atoms with Gasteiger partial charge in [0.05, 0.1) is 11.3 Å². The number of nitrogens with zero attached hydrogens (tertiary/aromatic N) is 2. The van der Waals surface area contributed by atoms with Gasteiger partial charge in [-0.05, 0) is 31.5 Å². The van der Waals surface area contributed by atoms with E-state index in [0.717, 1.165) is 17.2 Å². The lowest BCUT2D eigenvalue weighted by Crippen LogP contribution is -2.10. The molecule has 0 spiro atoms. The second-order valence-corrected chi connectivity index (χ2v) is 6.23. The van der Waals surface area contributed by atoms with Gasteiger partial charge >= 0.3 is 6.18 Å². The van der Waals surface area contributed by atoms with Gasteiger partial charge in [-0.3, -0.25) is 0 Å². The molecule has 1 aromatic heterocycles. The van der Waals surface area contributed by atoms with Crippen molar-refractivity contribution in [3.63, 3.8) is 0 Å². The highest BCUT2D eigenvalue weighted by molar-refractivity contribution is 5.62. The van der Waals surface area contributed by atoms with Crippen molar-refractivity contribution in [2.45, 2.75) is 26.6 Å². The minimum Gasteiger partial charge on any atom is -0.350 e. The van der Waals surface area contributed by atoms with E-state index in [9.17, 15) is 13.2 Å². The van der Waals surface area contributed by atoms with Gasteiger partial charge in [-0.1, -0.05) is 42.0 Å². The minimum absolute atomic E-state index is 0.0484. The average molecular weight is 372 g/mol. The van der Waals surface area contributed by atoms with Crippen LogP contribution < -0.4 is 10.6 Å². The molecular weight excluding hydrogens is 353 g/mol. The fraction of sp³-hybridized carbons (Fsp3) is 0.200. The van der Waals surface area contributed by atoms with Crippen molar-refractivity contribution < 1.29 is 13.2 Å². The molecule has 0 atom stereocenters. The number of hydrogen-bond acceptors (Lipinski definition) is 4. The van der Waals surface area contributed by atoms with Crippen LogP contribution in [0.2, 0.25) is 0 Å². The van der Waals surface area contributed by atoms with E-state index in [-0.39, 0.29) is 5.69 Å². The van der Waals surface area contributed by atoms with Crippen LogP contribution in [-0.4, -0.2) is 9.97 Å². The van der Waals surface area contributed by atoms with Crippen molar-refractivity contribution in [2.75, 3.05) is 10.6 Å². The van der Waals surface area contributed by atoms with Crippen molar-refractivity contribution in [3.05, 3.63) is 77.0 Å². The maximum Gasteiger partial charge on any atom is 0.418 e. The van der Waals surface area contributed by atoms with Gasteiger partial charge in [-0.15, -0.1) is 0 Å². The van der Waals surface area contributed by atoms with Gasteiger partial charge in [0.2, 0.25) is 5.95 Å². The van der Waals surface area contributed by atoms with Gasteiger partial charge < -0.3 is 10.6 Å². The van der Waals surface area contributed by atoms with Gasteiger partial charge in [0.15, 0.2) is 0 Å². The predicted molar refractivity (Wildman–Crippen MR) is 100 cm³/mol. The molecule has 0 unspecified atom stereocenters. The smallest absolute Gasteiger partial charge is 0.350 e. The van der Waals surface area contributed by atoms with Crippen LogP contribution in [0.25, 0.3) is 0 Å². The number of nitrogens with one attached hydrogen (secondary N) is 2. The maximum absolute atomic E-state index is 13.2. The zero-order chi connectivity index (χ0) is 19.4. The number of aryl methyl sites for hydroxylation is 2. The van der Waals surface area contributed by atoms with Crippen molar-refractivity contribution in [1.82, 2.24) is 9.97 Å². The molecule has 3 rings (SSSR count). The second kappa shape index (κ2) is 7.65. The molecule has 0 fully saturated rings. The molecule has 2 N–H and O–H groups in total. The number of hydrogen-bond donors (Lipinski definition) is 2. The molecule has 0 amide bonds. The second-order valence-electron chi connectivity index (χ2n) is 6.23. The third-order valence-electron chi connectivity index (χ3n) is 3.88. The molecule has 0 radical (unpaired) electrons. The van der Waals surface area contributed by atoms with E-state index in [1.54, 1.807) is 19.1 Å². The minimum atomic E-state index is -4.45. The highest BCUT2D eigenvalue weighted by atomic mass is 19.4. The summed E-state index contributed by atoms with van der Waals surface area (Å²) in [5.41, 5.74) is 2.06. The Morgan fingerprint density at radius 2 is 1.70 bits per heavy atom. The summed E-state index contributed by atoms with van der Waals surface area (Å²) < 4.78 is 39.5. The molecule has 7 heteroatoms. The zero-order valence-corrected chi connectivity index (χ0v) is 14.9. The molecule has 140 valence electrons. The van der Waals surface area contributed by atoms with E-state index in [1.807, 2.05) is 31.2 Å². The Balaban J connectivity index is 1.80. The molecule has 0 bridgehead atoms. The van der Waals surface area contributed by atoms with E-state index >= 15 is 0 Å². The van der Waals surface area contributed by atoms with Gasteiger partial charge in [0, 0.05) is 18.3 Å². The standard InChI is InChI=1S/C20H19F3N4/c1-13-6-5-7-15(10-13)12-24-19-25-14(2)11-18(27-19)26-17-9-4-3-8-16(17)20(21,22)23/h3-11H,12H2,1-2H3,(H2,24,25,26,27). The first kappa shape index (κ1) is 18.7. The lowest BCUT2D eigenvalue weighted by Gasteiger charge is -2.15. The Labute approximate surface area is 155 Å². The number of para-hydroxylation sites is 1. The zero-order valence-electron chi connectivity index (χ0n) is 14.9. The first-order chi connectivity index (χ1) is 12.8. The third kappa shape index (κ3) is 4.97. The van der Waals surface area contributed by atoms with Crippen molar-refractivity contribution in [3.8, 4) is 0 Å². The number of rotatable bonds is 5. The molecule has 2 aromatic carbocycles. The van der Waals surface area contributed by atoms with Crippen LogP contribution in [0.5, 0.6) is 0 Å². The average Bonchev–Trinajstić information content (AvgIpc) is 2.59. The highest BCUT2D eigenvalue weighted by Gasteiger charge is 2.33. The summed E-state index contributed by atoms with van der Waals surface area (Å²) in [4.78, 5) is 8.59. The summed E-state index contributed by atoms with van der Waals surface area (Å²) in [7, 11) is 0. The molecule has 0 saturated heterocycles. The van der Waals surface area contributed by atoms with Crippen LogP contribution >= 0.6 is 0 Å². The molecular formula is C20H19F3N4. The number of halogens is 3. The number of alkyl halides is 3. The Kier molecular flexibility index (Phi) is 5.30. The largest absolute Gasteiger partial charge is 0.418 e. The summed E-state index contributed by atoms with van der Waals surface area (Å²) >= 11 is 0. The summed E-state index contributed by atoms with van der Waals surface area (Å²) in [5, 5.41) is 5.87. The van der Waals surface area contributed by atoms with Crippen LogP contribution in [0.1, 0.15) is 22.4 Å². The first-order valence-corrected chi connectivity index (χ1v) is 8.39. The van der Waals surface area contributed by atoms with Gasteiger partial charge in [-0.25, -0.2) is 4.98 Å². The lowest BCUT2D eigenvalue weighted by molar-refractivity contribution is -0.136. The van der Waals surface area contributed by atoms with E-state index in [0.29, 0.717) is 24.0 Å². The maximum atomic E-state index is 13.2. The predicted octanol–water partition coefficient (Wildman–Crippen LogP) is 5.47. The number of aromatic nitrogens is 2. The first-order valence-electron chi connectivity index (χ1n) is 8.39. The topological polar surface area (TPSA) is 49.8 Å². The van der Waals surface area contributed by atoms with E-state index in [1.165, 1.54) is 12.1 Å². The lowest BCUT2D eigenvalue weighted by atomic mass is 10.1.